The van der Waals surface area contributed by atoms with Crippen molar-refractivity contribution in [1.82, 2.24) is 0 Å². The molecule has 0 amide bonds. The fourth-order valence-electron chi connectivity index (χ4n) is 2.95. The zero-order chi connectivity index (χ0) is 19.1. The van der Waals surface area contributed by atoms with Crippen molar-refractivity contribution >= 4 is 11.0 Å². The predicted octanol–water partition coefficient (Wildman–Crippen LogP) is 6.75. The quantitative estimate of drug-likeness (QED) is 0.521. The van der Waals surface area contributed by atoms with Crippen LogP contribution in [0.3, 0.4) is 0 Å². The summed E-state index contributed by atoms with van der Waals surface area (Å²) in [5.41, 5.74) is 4.24. The van der Waals surface area contributed by atoms with E-state index in [1.54, 1.807) is 12.1 Å². The maximum Gasteiger partial charge on any atom is 0.135 e. The fraction of sp³-hybridized carbons (Fsp3) is 0.391. The lowest BCUT2D eigenvalue weighted by molar-refractivity contribution is 0.491. The van der Waals surface area contributed by atoms with Gasteiger partial charge >= 0.3 is 0 Å². The van der Waals surface area contributed by atoms with E-state index in [4.69, 9.17) is 14.9 Å². The molecule has 2 aromatic rings. The van der Waals surface area contributed by atoms with E-state index in [2.05, 4.69) is 52.0 Å². The first-order valence-electron chi connectivity index (χ1n) is 9.11. The molecule has 0 fully saturated rings. The van der Waals surface area contributed by atoms with Crippen LogP contribution in [0.2, 0.25) is 0 Å². The molecule has 0 saturated heterocycles. The van der Waals surface area contributed by atoms with Crippen LogP contribution in [-0.4, -0.2) is 0 Å². The highest BCUT2D eigenvalue weighted by Crippen LogP contribution is 2.30. The second-order valence-electron chi connectivity index (χ2n) is 7.16. The second kappa shape index (κ2) is 9.07. The van der Waals surface area contributed by atoms with Crippen molar-refractivity contribution < 1.29 is 4.42 Å². The van der Waals surface area contributed by atoms with Gasteiger partial charge in [0.05, 0.1) is 11.1 Å². The molecule has 1 heterocycles. The van der Waals surface area contributed by atoms with E-state index in [0.29, 0.717) is 22.6 Å². The van der Waals surface area contributed by atoms with Gasteiger partial charge in [-0.2, -0.15) is 10.5 Å². The highest BCUT2D eigenvalue weighted by molar-refractivity contribution is 5.82. The zero-order valence-electron chi connectivity index (χ0n) is 16.1. The van der Waals surface area contributed by atoms with Gasteiger partial charge < -0.3 is 4.42 Å². The van der Waals surface area contributed by atoms with Gasteiger partial charge in [0.1, 0.15) is 23.5 Å². The van der Waals surface area contributed by atoms with Crippen molar-refractivity contribution in [3.8, 4) is 12.1 Å². The van der Waals surface area contributed by atoms with E-state index in [9.17, 15) is 0 Å². The predicted molar refractivity (Wildman–Crippen MR) is 106 cm³/mol. The van der Waals surface area contributed by atoms with Crippen LogP contribution < -0.4 is 0 Å². The van der Waals surface area contributed by atoms with Crippen LogP contribution in [0.25, 0.3) is 11.0 Å². The van der Waals surface area contributed by atoms with Crippen LogP contribution in [0.1, 0.15) is 76.2 Å². The lowest BCUT2D eigenvalue weighted by Gasteiger charge is -2.06. The molecule has 0 aliphatic carbocycles. The number of nitrogens with zero attached hydrogens (tertiary/aromatic N) is 2. The number of nitriles is 2. The van der Waals surface area contributed by atoms with Crippen LogP contribution in [-0.2, 0) is 0 Å². The topological polar surface area (TPSA) is 60.7 Å². The zero-order valence-corrected chi connectivity index (χ0v) is 16.1. The molecule has 3 nitrogen and oxygen atoms in total. The summed E-state index contributed by atoms with van der Waals surface area (Å²) < 4.78 is 5.93. The molecule has 134 valence electrons. The van der Waals surface area contributed by atoms with E-state index in [1.165, 1.54) is 11.1 Å². The summed E-state index contributed by atoms with van der Waals surface area (Å²) in [6.45, 7) is 8.61. The van der Waals surface area contributed by atoms with Crippen molar-refractivity contribution in [1.29, 1.82) is 10.5 Å². The van der Waals surface area contributed by atoms with E-state index in [-0.39, 0.29) is 0 Å². The van der Waals surface area contributed by atoms with Crippen molar-refractivity contribution in [2.75, 3.05) is 0 Å². The monoisotopic (exact) mass is 346 g/mol. The average molecular weight is 346 g/mol. The van der Waals surface area contributed by atoms with Gasteiger partial charge in [-0.1, -0.05) is 30.2 Å². The number of fused-ring (bicyclic) bond motifs is 1. The highest BCUT2D eigenvalue weighted by Gasteiger charge is 2.13. The lowest BCUT2D eigenvalue weighted by Crippen LogP contribution is -1.90. The number of rotatable bonds is 7. The maximum absolute atomic E-state index is 9.14. The van der Waals surface area contributed by atoms with Gasteiger partial charge in [-0.15, -0.1) is 0 Å². The highest BCUT2D eigenvalue weighted by atomic mass is 16.3. The Morgan fingerprint density at radius 3 is 2.38 bits per heavy atom. The van der Waals surface area contributed by atoms with Gasteiger partial charge in [0.25, 0.3) is 0 Å². The van der Waals surface area contributed by atoms with E-state index >= 15 is 0 Å². The summed E-state index contributed by atoms with van der Waals surface area (Å²) in [4.78, 5) is 0. The Balaban J connectivity index is 2.01. The van der Waals surface area contributed by atoms with Crippen molar-refractivity contribution in [2.24, 2.45) is 0 Å². The molecule has 0 radical (unpaired) electrons. The van der Waals surface area contributed by atoms with Crippen LogP contribution in [0.5, 0.6) is 0 Å². The minimum Gasteiger partial charge on any atom is -0.461 e. The smallest absolute Gasteiger partial charge is 0.135 e. The minimum atomic E-state index is 0.292. The number of hydrogen-bond donors (Lipinski definition) is 0. The molecule has 1 aromatic heterocycles. The van der Waals surface area contributed by atoms with Crippen LogP contribution in [0, 0.1) is 22.7 Å². The van der Waals surface area contributed by atoms with Gasteiger partial charge in [-0.05, 0) is 58.6 Å². The van der Waals surface area contributed by atoms with Gasteiger partial charge in [-0.25, -0.2) is 0 Å². The molecule has 0 aliphatic rings. The third-order valence-corrected chi connectivity index (χ3v) is 4.59. The molecule has 0 aliphatic heterocycles. The van der Waals surface area contributed by atoms with Gasteiger partial charge in [-0.3, -0.25) is 0 Å². The largest absolute Gasteiger partial charge is 0.461 e. The summed E-state index contributed by atoms with van der Waals surface area (Å²) in [6.07, 6.45) is 8.84. The van der Waals surface area contributed by atoms with Crippen LogP contribution in [0.4, 0.5) is 0 Å². The lowest BCUT2D eigenvalue weighted by atomic mass is 10.00. The van der Waals surface area contributed by atoms with Crippen molar-refractivity contribution in [3.05, 3.63) is 58.4 Å². The Hall–Kier alpha value is -2.78. The van der Waals surface area contributed by atoms with E-state index in [0.717, 1.165) is 36.8 Å². The Labute approximate surface area is 156 Å². The average Bonchev–Trinajstić information content (AvgIpc) is 3.02. The first-order chi connectivity index (χ1) is 12.4. The number of furan rings is 1. The number of benzene rings is 1. The molecule has 1 aromatic carbocycles. The van der Waals surface area contributed by atoms with Crippen LogP contribution >= 0.6 is 0 Å². The summed E-state index contributed by atoms with van der Waals surface area (Å²) in [5.74, 6) is 1.20. The molecule has 1 atom stereocenters. The van der Waals surface area contributed by atoms with Gasteiger partial charge in [0, 0.05) is 17.4 Å². The summed E-state index contributed by atoms with van der Waals surface area (Å²) in [7, 11) is 0. The summed E-state index contributed by atoms with van der Waals surface area (Å²) >= 11 is 0. The van der Waals surface area contributed by atoms with E-state index in [1.807, 2.05) is 6.07 Å². The Kier molecular flexibility index (Phi) is 6.81. The molecule has 0 saturated carbocycles. The molecule has 3 heteroatoms. The maximum atomic E-state index is 9.14. The van der Waals surface area contributed by atoms with Crippen molar-refractivity contribution in [2.45, 2.75) is 59.3 Å². The third-order valence-electron chi connectivity index (χ3n) is 4.59. The SMILES string of the molecule is CC(C)=CCC/C(C)=C/CCC(C)c1cc2cc(C#N)c(C#N)cc2o1. The molecule has 2 rings (SSSR count). The molecular formula is C23H26N2O. The first kappa shape index (κ1) is 19.5. The Morgan fingerprint density at radius 1 is 1.04 bits per heavy atom. The molecule has 26 heavy (non-hydrogen) atoms. The Morgan fingerprint density at radius 2 is 1.73 bits per heavy atom. The number of allylic oxidation sites excluding steroid dienone is 4. The molecule has 1 unspecified atom stereocenters. The molecule has 0 bridgehead atoms. The van der Waals surface area contributed by atoms with Crippen LogP contribution in [0.15, 0.2) is 45.9 Å². The number of hydrogen-bond acceptors (Lipinski definition) is 3. The first-order valence-corrected chi connectivity index (χ1v) is 9.11. The normalized spacial score (nSPS) is 12.5. The van der Waals surface area contributed by atoms with Crippen molar-refractivity contribution in [3.63, 3.8) is 0 Å². The minimum absolute atomic E-state index is 0.292. The third kappa shape index (κ3) is 5.11. The standard InChI is InChI=1S/C23H26N2O/c1-16(2)7-5-8-17(3)9-6-10-18(4)22-12-19-11-20(14-24)21(15-25)13-23(19)26-22/h7,9,11-13,18H,5-6,8,10H2,1-4H3/b17-9+. The van der Waals surface area contributed by atoms with Gasteiger partial charge in [0.15, 0.2) is 0 Å². The molecule has 0 spiro atoms. The molecule has 0 N–H and O–H groups in total. The molecular weight excluding hydrogens is 320 g/mol. The van der Waals surface area contributed by atoms with Gasteiger partial charge in [0.2, 0.25) is 0 Å². The Bertz CT molecular complexity index is 861. The fourth-order valence-corrected chi connectivity index (χ4v) is 2.95. The second-order valence-corrected chi connectivity index (χ2v) is 7.16. The van der Waals surface area contributed by atoms with E-state index < -0.39 is 0 Å². The summed E-state index contributed by atoms with van der Waals surface area (Å²) in [6, 6.07) is 9.52. The summed E-state index contributed by atoms with van der Waals surface area (Å²) in [5, 5.41) is 19.2.